The molecule has 1 saturated heterocycles. The Hall–Kier alpha value is -2.56. The smallest absolute Gasteiger partial charge is 0.205 e. The Balaban J connectivity index is 1.86. The maximum atomic E-state index is 5.27. The number of rotatable bonds is 3. The number of hydrogen-bond donors (Lipinski definition) is 1. The van der Waals surface area contributed by atoms with Gasteiger partial charge in [0.2, 0.25) is 5.96 Å². The molecular formula is C17H20N4O. The molecule has 22 heavy (non-hydrogen) atoms. The van der Waals surface area contributed by atoms with Crippen LogP contribution in [0.1, 0.15) is 12.8 Å². The largest absolute Gasteiger partial charge is 0.497 e. The number of pyridine rings is 1. The van der Waals surface area contributed by atoms with Crippen molar-refractivity contribution >= 4 is 17.5 Å². The van der Waals surface area contributed by atoms with Gasteiger partial charge in [-0.1, -0.05) is 12.1 Å². The van der Waals surface area contributed by atoms with Crippen molar-refractivity contribution in [3.8, 4) is 5.75 Å². The first kappa shape index (κ1) is 14.4. The SMILES string of the molecule is COc1cccc(NC(=Nc2ccccn2)N2CCCC2)c1. The van der Waals surface area contributed by atoms with Crippen molar-refractivity contribution in [1.29, 1.82) is 0 Å². The van der Waals surface area contributed by atoms with Gasteiger partial charge in [0, 0.05) is 31.0 Å². The van der Waals surface area contributed by atoms with Crippen molar-refractivity contribution < 1.29 is 4.74 Å². The molecule has 2 heterocycles. The molecule has 2 aromatic rings. The van der Waals surface area contributed by atoms with Crippen molar-refractivity contribution in [2.45, 2.75) is 12.8 Å². The number of anilines is 1. The van der Waals surface area contributed by atoms with Crippen molar-refractivity contribution in [1.82, 2.24) is 9.88 Å². The highest BCUT2D eigenvalue weighted by Crippen LogP contribution is 2.19. The van der Waals surface area contributed by atoms with Crippen LogP contribution in [0.2, 0.25) is 0 Å². The molecule has 0 unspecified atom stereocenters. The number of guanidine groups is 1. The molecule has 114 valence electrons. The molecule has 3 rings (SSSR count). The fourth-order valence-electron chi connectivity index (χ4n) is 2.46. The molecule has 0 spiro atoms. The number of methoxy groups -OCH3 is 1. The highest BCUT2D eigenvalue weighted by atomic mass is 16.5. The van der Waals surface area contributed by atoms with E-state index < -0.39 is 0 Å². The van der Waals surface area contributed by atoms with Crippen LogP contribution in [0, 0.1) is 0 Å². The Bertz CT molecular complexity index is 636. The second-order valence-electron chi connectivity index (χ2n) is 5.17. The maximum absolute atomic E-state index is 5.27. The predicted molar refractivity (Wildman–Crippen MR) is 88.8 cm³/mol. The van der Waals surface area contributed by atoms with E-state index in [0.29, 0.717) is 5.82 Å². The lowest BCUT2D eigenvalue weighted by atomic mass is 10.3. The summed E-state index contributed by atoms with van der Waals surface area (Å²) < 4.78 is 5.27. The topological polar surface area (TPSA) is 49.8 Å². The van der Waals surface area contributed by atoms with Gasteiger partial charge >= 0.3 is 0 Å². The van der Waals surface area contributed by atoms with E-state index in [-0.39, 0.29) is 0 Å². The van der Waals surface area contributed by atoms with Gasteiger partial charge in [0.1, 0.15) is 5.75 Å². The van der Waals surface area contributed by atoms with E-state index in [1.165, 1.54) is 12.8 Å². The Morgan fingerprint density at radius 2 is 2.05 bits per heavy atom. The van der Waals surface area contributed by atoms with E-state index >= 15 is 0 Å². The first-order chi connectivity index (χ1) is 10.8. The summed E-state index contributed by atoms with van der Waals surface area (Å²) >= 11 is 0. The summed E-state index contributed by atoms with van der Waals surface area (Å²) in [6.45, 7) is 2.03. The van der Waals surface area contributed by atoms with Crippen LogP contribution in [0.25, 0.3) is 0 Å². The summed E-state index contributed by atoms with van der Waals surface area (Å²) in [5, 5.41) is 3.40. The molecule has 0 bridgehead atoms. The lowest BCUT2D eigenvalue weighted by Gasteiger charge is -2.21. The van der Waals surface area contributed by atoms with Crippen molar-refractivity contribution in [3.63, 3.8) is 0 Å². The molecule has 0 atom stereocenters. The van der Waals surface area contributed by atoms with Crippen LogP contribution in [0.3, 0.4) is 0 Å². The normalized spacial score (nSPS) is 15.0. The van der Waals surface area contributed by atoms with Crippen LogP contribution >= 0.6 is 0 Å². The summed E-state index contributed by atoms with van der Waals surface area (Å²) in [6.07, 6.45) is 4.15. The molecule has 0 saturated carbocycles. The van der Waals surface area contributed by atoms with E-state index in [9.17, 15) is 0 Å². The van der Waals surface area contributed by atoms with Crippen LogP contribution < -0.4 is 10.1 Å². The minimum absolute atomic E-state index is 0.708. The number of likely N-dealkylation sites (tertiary alicyclic amines) is 1. The Labute approximate surface area is 130 Å². The third kappa shape index (κ3) is 3.55. The van der Waals surface area contributed by atoms with Gasteiger partial charge in [-0.15, -0.1) is 0 Å². The molecule has 0 aliphatic carbocycles. The first-order valence-corrected chi connectivity index (χ1v) is 7.51. The number of nitrogens with zero attached hydrogens (tertiary/aromatic N) is 3. The molecule has 5 nitrogen and oxygen atoms in total. The van der Waals surface area contributed by atoms with Crippen LogP contribution in [0.15, 0.2) is 53.7 Å². The quantitative estimate of drug-likeness (QED) is 0.697. The maximum Gasteiger partial charge on any atom is 0.205 e. The van der Waals surface area contributed by atoms with Crippen LogP contribution in [-0.4, -0.2) is 36.0 Å². The molecule has 1 fully saturated rings. The van der Waals surface area contributed by atoms with E-state index in [1.54, 1.807) is 13.3 Å². The van der Waals surface area contributed by atoms with E-state index in [4.69, 9.17) is 4.74 Å². The summed E-state index contributed by atoms with van der Waals surface area (Å²) in [5.74, 6) is 2.37. The van der Waals surface area contributed by atoms with Crippen LogP contribution in [0.4, 0.5) is 11.5 Å². The molecular weight excluding hydrogens is 276 g/mol. The lowest BCUT2D eigenvalue weighted by Crippen LogP contribution is -2.33. The number of aliphatic imine (C=N–C) groups is 1. The number of aromatic nitrogens is 1. The van der Waals surface area contributed by atoms with E-state index in [2.05, 4.69) is 20.2 Å². The number of nitrogens with one attached hydrogen (secondary N) is 1. The molecule has 1 aromatic heterocycles. The monoisotopic (exact) mass is 296 g/mol. The van der Waals surface area contributed by atoms with E-state index in [1.807, 2.05) is 42.5 Å². The van der Waals surface area contributed by atoms with Gasteiger partial charge < -0.3 is 15.0 Å². The van der Waals surface area contributed by atoms with Gasteiger partial charge in [-0.25, -0.2) is 4.98 Å². The van der Waals surface area contributed by atoms with Gasteiger partial charge in [0.05, 0.1) is 7.11 Å². The second kappa shape index (κ2) is 6.93. The molecule has 1 N–H and O–H groups in total. The standard InChI is InChI=1S/C17H20N4O/c1-22-15-8-6-7-14(13-15)19-17(21-11-4-5-12-21)20-16-9-2-3-10-18-16/h2-3,6-10,13H,4-5,11-12H2,1H3,(H,18,19,20). The van der Waals surface area contributed by atoms with Crippen LogP contribution in [-0.2, 0) is 0 Å². The average Bonchev–Trinajstić information content (AvgIpc) is 3.10. The summed E-state index contributed by atoms with van der Waals surface area (Å²) in [6, 6.07) is 13.6. The fraction of sp³-hybridized carbons (Fsp3) is 0.294. The molecule has 0 amide bonds. The minimum Gasteiger partial charge on any atom is -0.497 e. The van der Waals surface area contributed by atoms with Crippen molar-refractivity contribution in [2.24, 2.45) is 4.99 Å². The Morgan fingerprint density at radius 3 is 2.77 bits per heavy atom. The Morgan fingerprint density at radius 1 is 1.18 bits per heavy atom. The molecule has 1 aliphatic heterocycles. The first-order valence-electron chi connectivity index (χ1n) is 7.51. The third-order valence-corrected chi connectivity index (χ3v) is 3.60. The lowest BCUT2D eigenvalue weighted by molar-refractivity contribution is 0.415. The molecule has 1 aliphatic rings. The summed E-state index contributed by atoms with van der Waals surface area (Å²) in [4.78, 5) is 11.2. The minimum atomic E-state index is 0.708. The zero-order valence-electron chi connectivity index (χ0n) is 12.7. The summed E-state index contributed by atoms with van der Waals surface area (Å²) in [5.41, 5.74) is 0.959. The van der Waals surface area contributed by atoms with Crippen molar-refractivity contribution in [3.05, 3.63) is 48.7 Å². The van der Waals surface area contributed by atoms with Gasteiger partial charge in [-0.05, 0) is 37.1 Å². The Kier molecular flexibility index (Phi) is 4.53. The second-order valence-corrected chi connectivity index (χ2v) is 5.17. The van der Waals surface area contributed by atoms with Gasteiger partial charge in [0.15, 0.2) is 5.82 Å². The fourth-order valence-corrected chi connectivity index (χ4v) is 2.46. The van der Waals surface area contributed by atoms with Crippen molar-refractivity contribution in [2.75, 3.05) is 25.5 Å². The average molecular weight is 296 g/mol. The summed E-state index contributed by atoms with van der Waals surface area (Å²) in [7, 11) is 1.67. The number of hydrogen-bond acceptors (Lipinski definition) is 3. The number of ether oxygens (including phenoxy) is 1. The van der Waals surface area contributed by atoms with Crippen LogP contribution in [0.5, 0.6) is 5.75 Å². The highest BCUT2D eigenvalue weighted by molar-refractivity contribution is 5.95. The highest BCUT2D eigenvalue weighted by Gasteiger charge is 2.17. The van der Waals surface area contributed by atoms with Gasteiger partial charge in [0.25, 0.3) is 0 Å². The molecule has 5 heteroatoms. The van der Waals surface area contributed by atoms with Gasteiger partial charge in [-0.3, -0.25) is 0 Å². The number of benzene rings is 1. The van der Waals surface area contributed by atoms with Gasteiger partial charge in [-0.2, -0.15) is 4.99 Å². The zero-order chi connectivity index (χ0) is 15.2. The van der Waals surface area contributed by atoms with E-state index in [0.717, 1.165) is 30.5 Å². The molecule has 1 aromatic carbocycles. The third-order valence-electron chi connectivity index (χ3n) is 3.60. The zero-order valence-corrected chi connectivity index (χ0v) is 12.7. The molecule has 0 radical (unpaired) electrons. The predicted octanol–water partition coefficient (Wildman–Crippen LogP) is 3.29.